The van der Waals surface area contributed by atoms with E-state index in [9.17, 15) is 0 Å². The van der Waals surface area contributed by atoms with E-state index in [-0.39, 0.29) is 56.1 Å². The van der Waals surface area contributed by atoms with Crippen LogP contribution in [0.4, 0.5) is 26.3 Å². The molecule has 0 fully saturated rings. The first kappa shape index (κ1) is 32.0. The van der Waals surface area contributed by atoms with Gasteiger partial charge in [0.1, 0.15) is 45.7 Å². The Kier molecular flexibility index (Phi) is 7.38. The van der Waals surface area contributed by atoms with Crippen LogP contribution in [0.2, 0.25) is 0 Å². The van der Waals surface area contributed by atoms with Crippen molar-refractivity contribution in [2.75, 3.05) is 28.4 Å². The van der Waals surface area contributed by atoms with Crippen molar-refractivity contribution >= 4 is 33.1 Å². The predicted octanol–water partition coefficient (Wildman–Crippen LogP) is 10.4. The second-order valence-corrected chi connectivity index (χ2v) is 11.3. The van der Waals surface area contributed by atoms with Crippen LogP contribution in [0.1, 0.15) is 11.1 Å². The average molecular weight is 681 g/mol. The minimum absolute atomic E-state index is 0.0306. The summed E-state index contributed by atoms with van der Waals surface area (Å²) in [6.45, 7) is 0. The standard InChI is InChI=1S/C37H26F6O6/c1-44-21-9-5-19(6-10-21)33-29(25-17-23(46-3)13-15-27(25)48-33)31-32(36(40,41)37(42,43)35(31,38)39)30-26-18-24(47-4)14-16-28(26)49-34(30)20-7-11-22(45-2)12-8-20/h5-18H,1-4H3. The summed E-state index contributed by atoms with van der Waals surface area (Å²) in [7, 11) is 5.46. The molecule has 1 aliphatic rings. The van der Waals surface area contributed by atoms with E-state index in [1.54, 1.807) is 0 Å². The van der Waals surface area contributed by atoms with Crippen molar-refractivity contribution in [2.45, 2.75) is 17.8 Å². The van der Waals surface area contributed by atoms with E-state index in [0.29, 0.717) is 11.5 Å². The average Bonchev–Trinajstić information content (AvgIpc) is 3.70. The Hall–Kier alpha value is -5.52. The lowest BCUT2D eigenvalue weighted by Gasteiger charge is -2.26. The second-order valence-electron chi connectivity index (χ2n) is 11.3. The van der Waals surface area contributed by atoms with Gasteiger partial charge in [0.2, 0.25) is 0 Å². The van der Waals surface area contributed by atoms with Gasteiger partial charge >= 0.3 is 17.8 Å². The van der Waals surface area contributed by atoms with Crippen molar-refractivity contribution in [2.24, 2.45) is 0 Å². The maximum atomic E-state index is 16.5. The Morgan fingerprint density at radius 3 is 1.10 bits per heavy atom. The molecule has 0 spiro atoms. The van der Waals surface area contributed by atoms with Gasteiger partial charge in [-0.3, -0.25) is 0 Å². The topological polar surface area (TPSA) is 63.2 Å². The van der Waals surface area contributed by atoms with E-state index in [2.05, 4.69) is 0 Å². The molecule has 0 unspecified atom stereocenters. The first-order valence-corrected chi connectivity index (χ1v) is 14.8. The molecular weight excluding hydrogens is 654 g/mol. The molecule has 0 radical (unpaired) electrons. The fourth-order valence-electron chi connectivity index (χ4n) is 6.18. The van der Waals surface area contributed by atoms with E-state index < -0.39 is 40.0 Å². The molecule has 2 heterocycles. The molecule has 12 heteroatoms. The van der Waals surface area contributed by atoms with Gasteiger partial charge in [-0.05, 0) is 84.9 Å². The summed E-state index contributed by atoms with van der Waals surface area (Å²) in [5.41, 5.74) is -4.35. The van der Waals surface area contributed by atoms with Crippen LogP contribution in [0.5, 0.6) is 23.0 Å². The normalized spacial score (nSPS) is 16.4. The fraction of sp³-hybridized carbons (Fsp3) is 0.189. The predicted molar refractivity (Wildman–Crippen MR) is 171 cm³/mol. The summed E-state index contributed by atoms with van der Waals surface area (Å²) < 4.78 is 131. The highest BCUT2D eigenvalue weighted by Gasteiger charge is 2.81. The van der Waals surface area contributed by atoms with Gasteiger partial charge in [-0.1, -0.05) is 0 Å². The van der Waals surface area contributed by atoms with Gasteiger partial charge < -0.3 is 27.8 Å². The summed E-state index contributed by atoms with van der Waals surface area (Å²) in [5.74, 6) is -16.3. The van der Waals surface area contributed by atoms with Crippen molar-refractivity contribution in [1.82, 2.24) is 0 Å². The summed E-state index contributed by atoms with van der Waals surface area (Å²) in [4.78, 5) is 0. The molecule has 0 N–H and O–H groups in total. The van der Waals surface area contributed by atoms with E-state index in [1.807, 2.05) is 0 Å². The van der Waals surface area contributed by atoms with Crippen molar-refractivity contribution in [1.29, 1.82) is 0 Å². The maximum absolute atomic E-state index is 16.5. The van der Waals surface area contributed by atoms with E-state index >= 15 is 26.3 Å². The smallest absolute Gasteiger partial charge is 0.380 e. The minimum Gasteiger partial charge on any atom is -0.497 e. The Morgan fingerprint density at radius 1 is 0.449 bits per heavy atom. The largest absolute Gasteiger partial charge is 0.497 e. The van der Waals surface area contributed by atoms with Gasteiger partial charge in [0, 0.05) is 44.2 Å². The van der Waals surface area contributed by atoms with Crippen LogP contribution >= 0.6 is 0 Å². The molecular formula is C37H26F6O6. The Balaban J connectivity index is 1.68. The molecule has 6 nitrogen and oxygen atoms in total. The van der Waals surface area contributed by atoms with Gasteiger partial charge in [0.15, 0.2) is 0 Å². The number of ether oxygens (including phenoxy) is 4. The van der Waals surface area contributed by atoms with Gasteiger partial charge in [0.25, 0.3) is 0 Å². The number of methoxy groups -OCH3 is 4. The van der Waals surface area contributed by atoms with Crippen LogP contribution in [0.3, 0.4) is 0 Å². The van der Waals surface area contributed by atoms with E-state index in [1.165, 1.54) is 113 Å². The highest BCUT2D eigenvalue weighted by molar-refractivity contribution is 6.15. The van der Waals surface area contributed by atoms with Crippen LogP contribution in [-0.4, -0.2) is 46.2 Å². The van der Waals surface area contributed by atoms with Crippen LogP contribution in [0.25, 0.3) is 55.7 Å². The van der Waals surface area contributed by atoms with Gasteiger partial charge in [-0.2, -0.15) is 26.3 Å². The second kappa shape index (κ2) is 11.3. The Bertz CT molecular complexity index is 2090. The SMILES string of the molecule is COc1ccc(-c2oc3ccc(OC)cc3c2C2=C(c3c(-c4ccc(OC)cc4)oc4ccc(OC)cc34)C(F)(F)C(F)(F)C2(F)F)cc1. The number of rotatable bonds is 8. The molecule has 0 bridgehead atoms. The molecule has 0 amide bonds. The third-order valence-corrected chi connectivity index (χ3v) is 8.66. The maximum Gasteiger partial charge on any atom is 0.380 e. The third-order valence-electron chi connectivity index (χ3n) is 8.66. The van der Waals surface area contributed by atoms with Crippen molar-refractivity contribution in [3.8, 4) is 45.6 Å². The molecule has 0 saturated carbocycles. The highest BCUT2D eigenvalue weighted by Crippen LogP contribution is 2.67. The van der Waals surface area contributed by atoms with Crippen molar-refractivity contribution < 1.29 is 54.1 Å². The first-order valence-electron chi connectivity index (χ1n) is 14.8. The van der Waals surface area contributed by atoms with Crippen LogP contribution < -0.4 is 18.9 Å². The lowest BCUT2D eigenvalue weighted by atomic mass is 9.89. The first-order chi connectivity index (χ1) is 23.4. The van der Waals surface area contributed by atoms with E-state index in [4.69, 9.17) is 27.8 Å². The molecule has 252 valence electrons. The molecule has 7 rings (SSSR count). The zero-order chi connectivity index (χ0) is 34.9. The van der Waals surface area contributed by atoms with Gasteiger partial charge in [0.05, 0.1) is 28.4 Å². The number of hydrogen-bond acceptors (Lipinski definition) is 6. The number of halogens is 6. The zero-order valence-corrected chi connectivity index (χ0v) is 26.3. The fourth-order valence-corrected chi connectivity index (χ4v) is 6.18. The number of benzene rings is 4. The number of fused-ring (bicyclic) bond motifs is 2. The minimum atomic E-state index is -5.88. The summed E-state index contributed by atoms with van der Waals surface area (Å²) in [5, 5.41) is -0.301. The third kappa shape index (κ3) is 4.64. The lowest BCUT2D eigenvalue weighted by Crippen LogP contribution is -2.48. The van der Waals surface area contributed by atoms with Crippen LogP contribution in [-0.2, 0) is 0 Å². The number of allylic oxidation sites excluding steroid dienone is 2. The monoisotopic (exact) mass is 680 g/mol. The van der Waals surface area contributed by atoms with Crippen LogP contribution in [0.15, 0.2) is 93.8 Å². The highest BCUT2D eigenvalue weighted by atomic mass is 19.3. The van der Waals surface area contributed by atoms with Gasteiger partial charge in [-0.15, -0.1) is 0 Å². The van der Waals surface area contributed by atoms with Crippen LogP contribution in [0, 0.1) is 0 Å². The molecule has 0 aliphatic heterocycles. The molecule has 6 aromatic rings. The number of alkyl halides is 6. The molecule has 4 aromatic carbocycles. The molecule has 0 atom stereocenters. The Morgan fingerprint density at radius 2 is 0.776 bits per heavy atom. The zero-order valence-electron chi connectivity index (χ0n) is 26.3. The van der Waals surface area contributed by atoms with Crippen molar-refractivity contribution in [3.05, 3.63) is 96.1 Å². The molecule has 1 aliphatic carbocycles. The molecule has 2 aromatic heterocycles. The summed E-state index contributed by atoms with van der Waals surface area (Å²) in [6, 6.07) is 20.0. The molecule has 49 heavy (non-hydrogen) atoms. The lowest BCUT2D eigenvalue weighted by molar-refractivity contribution is -0.254. The van der Waals surface area contributed by atoms with Gasteiger partial charge in [-0.25, -0.2) is 0 Å². The van der Waals surface area contributed by atoms with Crippen molar-refractivity contribution in [3.63, 3.8) is 0 Å². The quantitative estimate of drug-likeness (QED) is 0.149. The van der Waals surface area contributed by atoms with E-state index in [0.717, 1.165) is 0 Å². The summed E-state index contributed by atoms with van der Waals surface area (Å²) >= 11 is 0. The molecule has 0 saturated heterocycles. The number of furan rings is 2. The Labute approximate surface area is 275 Å². The number of hydrogen-bond donors (Lipinski definition) is 0. The summed E-state index contributed by atoms with van der Waals surface area (Å²) in [6.07, 6.45) is 0.